The molecule has 3 rings (SSSR count). The number of benzene rings is 2. The molecule has 140 valence electrons. The number of nitrogens with zero attached hydrogens (tertiary/aromatic N) is 1. The number of halogens is 1. The van der Waals surface area contributed by atoms with E-state index < -0.39 is 0 Å². The van der Waals surface area contributed by atoms with E-state index in [1.54, 1.807) is 18.7 Å². The van der Waals surface area contributed by atoms with Gasteiger partial charge in [-0.1, -0.05) is 71.9 Å². The van der Waals surface area contributed by atoms with Crippen molar-refractivity contribution in [2.75, 3.05) is 6.61 Å². The third-order valence-corrected chi connectivity index (χ3v) is 5.46. The monoisotopic (exact) mass is 400 g/mol. The molecule has 2 aromatic rings. The molecule has 1 N–H and O–H groups in total. The first-order valence-electron chi connectivity index (χ1n) is 8.74. The van der Waals surface area contributed by atoms with Gasteiger partial charge in [-0.25, -0.2) is 9.79 Å². The lowest BCUT2D eigenvalue weighted by molar-refractivity contribution is -0.138. The number of hydrogen-bond donors (Lipinski definition) is 1. The number of allylic oxidation sites excluding steroid dienone is 1. The molecule has 0 radical (unpaired) electrons. The standard InChI is InChI=1S/C21H21ClN2O2S/c1-3-26-20(25)18-14(2)23-21(24-19(18)15-9-5-4-6-10-15)27-13-16-11-7-8-12-17(16)22/h4-12,19H,3,13H2,1-2H3,(H,23,24)/t19-/m0/s1. The van der Waals surface area contributed by atoms with Crippen LogP contribution in [0.2, 0.25) is 5.02 Å². The third kappa shape index (κ3) is 4.73. The molecule has 1 heterocycles. The van der Waals surface area contributed by atoms with Gasteiger partial charge in [0.1, 0.15) is 6.04 Å². The molecule has 0 amide bonds. The van der Waals surface area contributed by atoms with Crippen molar-refractivity contribution in [2.45, 2.75) is 25.6 Å². The zero-order valence-electron chi connectivity index (χ0n) is 15.2. The van der Waals surface area contributed by atoms with Crippen LogP contribution in [0.15, 0.2) is 70.9 Å². The van der Waals surface area contributed by atoms with Gasteiger partial charge in [0.25, 0.3) is 0 Å². The summed E-state index contributed by atoms with van der Waals surface area (Å²) < 4.78 is 5.25. The molecule has 0 unspecified atom stereocenters. The molecule has 0 saturated carbocycles. The van der Waals surface area contributed by atoms with E-state index in [1.807, 2.05) is 61.5 Å². The number of nitrogens with one attached hydrogen (secondary N) is 1. The predicted molar refractivity (Wildman–Crippen MR) is 112 cm³/mol. The summed E-state index contributed by atoms with van der Waals surface area (Å²) in [5, 5.41) is 4.74. The summed E-state index contributed by atoms with van der Waals surface area (Å²) in [4.78, 5) is 17.3. The fourth-order valence-corrected chi connectivity index (χ4v) is 4.06. The lowest BCUT2D eigenvalue weighted by Crippen LogP contribution is -2.30. The number of rotatable bonds is 5. The minimum Gasteiger partial charge on any atom is -0.463 e. The van der Waals surface area contributed by atoms with Gasteiger partial charge in [0.05, 0.1) is 12.2 Å². The fourth-order valence-electron chi connectivity index (χ4n) is 2.83. The highest BCUT2D eigenvalue weighted by Crippen LogP contribution is 2.33. The minimum atomic E-state index is -0.389. The van der Waals surface area contributed by atoms with Gasteiger partial charge in [-0.15, -0.1) is 0 Å². The van der Waals surface area contributed by atoms with Gasteiger partial charge in [0.15, 0.2) is 5.17 Å². The Bertz CT molecular complexity index is 881. The van der Waals surface area contributed by atoms with Crippen molar-refractivity contribution in [1.82, 2.24) is 5.32 Å². The predicted octanol–water partition coefficient (Wildman–Crippen LogP) is 5.11. The zero-order valence-corrected chi connectivity index (χ0v) is 16.8. The van der Waals surface area contributed by atoms with Crippen LogP contribution in [0.3, 0.4) is 0 Å². The molecular formula is C21H21ClN2O2S. The molecule has 0 spiro atoms. The largest absolute Gasteiger partial charge is 0.463 e. The number of ether oxygens (including phenoxy) is 1. The Hall–Kier alpha value is -2.24. The molecule has 4 nitrogen and oxygen atoms in total. The second kappa shape index (κ2) is 9.11. The van der Waals surface area contributed by atoms with E-state index in [4.69, 9.17) is 21.3 Å². The van der Waals surface area contributed by atoms with Crippen LogP contribution in [0.25, 0.3) is 0 Å². The zero-order chi connectivity index (χ0) is 19.2. The van der Waals surface area contributed by atoms with Crippen LogP contribution < -0.4 is 5.32 Å². The summed E-state index contributed by atoms with van der Waals surface area (Å²) in [6.07, 6.45) is 0. The number of amidine groups is 1. The Morgan fingerprint density at radius 1 is 1.19 bits per heavy atom. The first kappa shape index (κ1) is 19.5. The summed E-state index contributed by atoms with van der Waals surface area (Å²) in [7, 11) is 0. The highest BCUT2D eigenvalue weighted by molar-refractivity contribution is 8.13. The second-order valence-electron chi connectivity index (χ2n) is 6.01. The van der Waals surface area contributed by atoms with Crippen LogP contribution in [0, 0.1) is 0 Å². The van der Waals surface area contributed by atoms with Crippen molar-refractivity contribution < 1.29 is 9.53 Å². The Labute approximate surface area is 168 Å². The SMILES string of the molecule is CCOC(=O)C1=C(C)NC(SCc2ccccc2Cl)=N[C@H]1c1ccccc1. The Morgan fingerprint density at radius 2 is 1.89 bits per heavy atom. The van der Waals surface area contributed by atoms with Crippen LogP contribution in [-0.2, 0) is 15.3 Å². The average molecular weight is 401 g/mol. The number of hydrogen-bond acceptors (Lipinski definition) is 5. The maximum Gasteiger partial charge on any atom is 0.338 e. The molecule has 0 aromatic heterocycles. The fraction of sp³-hybridized carbons (Fsp3) is 0.238. The Balaban J connectivity index is 1.87. The van der Waals surface area contributed by atoms with Gasteiger partial charge in [-0.05, 0) is 31.0 Å². The van der Waals surface area contributed by atoms with Crippen molar-refractivity contribution in [1.29, 1.82) is 0 Å². The number of carbonyl (C=O) groups excluding carboxylic acids is 1. The number of esters is 1. The van der Waals surface area contributed by atoms with Crippen LogP contribution in [0.4, 0.5) is 0 Å². The van der Waals surface area contributed by atoms with Crippen LogP contribution in [-0.4, -0.2) is 17.7 Å². The first-order chi connectivity index (χ1) is 13.1. The number of aliphatic imine (C=N–C) groups is 1. The molecule has 0 aliphatic carbocycles. The molecule has 1 aliphatic rings. The molecule has 0 fully saturated rings. The van der Waals surface area contributed by atoms with Crippen LogP contribution in [0.5, 0.6) is 0 Å². The third-order valence-electron chi connectivity index (χ3n) is 4.15. The van der Waals surface area contributed by atoms with Gasteiger partial charge in [-0.3, -0.25) is 0 Å². The lowest BCUT2D eigenvalue weighted by atomic mass is 9.97. The summed E-state index contributed by atoms with van der Waals surface area (Å²) in [6, 6.07) is 17.2. The summed E-state index contributed by atoms with van der Waals surface area (Å²) >= 11 is 7.81. The normalized spacial score (nSPS) is 16.6. The van der Waals surface area contributed by atoms with E-state index in [1.165, 1.54) is 0 Å². The van der Waals surface area contributed by atoms with Gasteiger partial charge in [0.2, 0.25) is 0 Å². The van der Waals surface area contributed by atoms with E-state index in [0.29, 0.717) is 17.9 Å². The van der Waals surface area contributed by atoms with Crippen molar-refractivity contribution in [2.24, 2.45) is 4.99 Å². The lowest BCUT2D eigenvalue weighted by Gasteiger charge is -2.25. The molecule has 6 heteroatoms. The van der Waals surface area contributed by atoms with E-state index in [-0.39, 0.29) is 12.0 Å². The van der Waals surface area contributed by atoms with E-state index >= 15 is 0 Å². The van der Waals surface area contributed by atoms with Gasteiger partial charge < -0.3 is 10.1 Å². The maximum absolute atomic E-state index is 12.5. The van der Waals surface area contributed by atoms with E-state index in [9.17, 15) is 4.79 Å². The van der Waals surface area contributed by atoms with Gasteiger partial charge in [0, 0.05) is 16.5 Å². The molecule has 0 bridgehead atoms. The van der Waals surface area contributed by atoms with E-state index in [2.05, 4.69) is 5.32 Å². The summed E-state index contributed by atoms with van der Waals surface area (Å²) in [5.74, 6) is 0.352. The van der Waals surface area contributed by atoms with Crippen molar-refractivity contribution >= 4 is 34.5 Å². The molecular weight excluding hydrogens is 380 g/mol. The minimum absolute atomic E-state index is 0.328. The summed E-state index contributed by atoms with van der Waals surface area (Å²) in [5.41, 5.74) is 3.31. The van der Waals surface area contributed by atoms with Crippen LogP contribution in [0.1, 0.15) is 31.0 Å². The van der Waals surface area contributed by atoms with Crippen LogP contribution >= 0.6 is 23.4 Å². The molecule has 1 aliphatic heterocycles. The van der Waals surface area contributed by atoms with Crippen molar-refractivity contribution in [3.63, 3.8) is 0 Å². The Morgan fingerprint density at radius 3 is 2.59 bits per heavy atom. The number of thioether (sulfide) groups is 1. The van der Waals surface area contributed by atoms with Gasteiger partial charge >= 0.3 is 5.97 Å². The highest BCUT2D eigenvalue weighted by Gasteiger charge is 2.30. The van der Waals surface area contributed by atoms with Crippen molar-refractivity contribution in [3.05, 3.63) is 82.0 Å². The van der Waals surface area contributed by atoms with Crippen molar-refractivity contribution in [3.8, 4) is 0 Å². The van der Waals surface area contributed by atoms with Gasteiger partial charge in [-0.2, -0.15) is 0 Å². The quantitative estimate of drug-likeness (QED) is 0.708. The second-order valence-corrected chi connectivity index (χ2v) is 7.38. The topological polar surface area (TPSA) is 50.7 Å². The molecule has 1 atom stereocenters. The molecule has 0 saturated heterocycles. The first-order valence-corrected chi connectivity index (χ1v) is 10.1. The number of carbonyl (C=O) groups is 1. The Kier molecular flexibility index (Phi) is 6.58. The summed E-state index contributed by atoms with van der Waals surface area (Å²) in [6.45, 7) is 4.01. The maximum atomic E-state index is 12.5. The smallest absolute Gasteiger partial charge is 0.338 e. The molecule has 27 heavy (non-hydrogen) atoms. The highest BCUT2D eigenvalue weighted by atomic mass is 35.5. The molecule has 2 aromatic carbocycles. The van der Waals surface area contributed by atoms with E-state index in [0.717, 1.165) is 27.0 Å². The average Bonchev–Trinajstić information content (AvgIpc) is 2.67.